The smallest absolute Gasteiger partial charge is 0.198 e. The second kappa shape index (κ2) is 5.34. The summed E-state index contributed by atoms with van der Waals surface area (Å²) in [6, 6.07) is 7.60. The summed E-state index contributed by atoms with van der Waals surface area (Å²) < 4.78 is 5.37. The van der Waals surface area contributed by atoms with Gasteiger partial charge in [-0.05, 0) is 17.7 Å². The van der Waals surface area contributed by atoms with Gasteiger partial charge < -0.3 is 9.52 Å². The zero-order valence-corrected chi connectivity index (χ0v) is 10.3. The highest BCUT2D eigenvalue weighted by Gasteiger charge is 2.10. The third-order valence-electron chi connectivity index (χ3n) is 2.59. The molecular weight excluding hydrogens is 238 g/mol. The Balaban J connectivity index is 2.11. The van der Waals surface area contributed by atoms with E-state index >= 15 is 0 Å². The fourth-order valence-electron chi connectivity index (χ4n) is 1.55. The second-order valence-electron chi connectivity index (χ2n) is 4.06. The fraction of sp³-hybridized carbons (Fsp3) is 0.308. The molecule has 0 spiro atoms. The Morgan fingerprint density at radius 1 is 1.47 bits per heavy atom. The molecule has 3 nitrogen and oxygen atoms in total. The lowest BCUT2D eigenvalue weighted by Crippen LogP contribution is -1.99. The van der Waals surface area contributed by atoms with Gasteiger partial charge in [-0.15, -0.1) is 0 Å². The number of aliphatic hydroxyl groups is 1. The monoisotopic (exact) mass is 251 g/mol. The molecule has 1 unspecified atom stereocenters. The highest BCUT2D eigenvalue weighted by atomic mass is 35.5. The molecule has 0 aliphatic heterocycles. The van der Waals surface area contributed by atoms with E-state index in [2.05, 4.69) is 4.98 Å². The van der Waals surface area contributed by atoms with Crippen molar-refractivity contribution in [3.05, 3.63) is 52.7 Å². The summed E-state index contributed by atoms with van der Waals surface area (Å²) in [7, 11) is 0. The van der Waals surface area contributed by atoms with Crippen LogP contribution in [0.2, 0.25) is 5.02 Å². The molecule has 2 rings (SSSR count). The van der Waals surface area contributed by atoms with Crippen LogP contribution in [0.15, 0.2) is 34.9 Å². The molecule has 0 fully saturated rings. The predicted molar refractivity (Wildman–Crippen MR) is 66.3 cm³/mol. The molecule has 1 atom stereocenters. The highest BCUT2D eigenvalue weighted by Crippen LogP contribution is 2.17. The van der Waals surface area contributed by atoms with E-state index in [0.29, 0.717) is 17.3 Å². The van der Waals surface area contributed by atoms with Gasteiger partial charge in [-0.2, -0.15) is 0 Å². The highest BCUT2D eigenvalue weighted by molar-refractivity contribution is 6.30. The molecule has 0 radical (unpaired) electrons. The lowest BCUT2D eigenvalue weighted by molar-refractivity contribution is 0.271. The number of rotatable bonds is 4. The van der Waals surface area contributed by atoms with Gasteiger partial charge in [-0.3, -0.25) is 0 Å². The number of aromatic nitrogens is 1. The average molecular weight is 252 g/mol. The Morgan fingerprint density at radius 3 is 3.00 bits per heavy atom. The van der Waals surface area contributed by atoms with Crippen molar-refractivity contribution >= 4 is 11.6 Å². The average Bonchev–Trinajstić information content (AvgIpc) is 2.76. The maximum absolute atomic E-state index is 9.02. The van der Waals surface area contributed by atoms with Gasteiger partial charge in [0, 0.05) is 17.4 Å². The number of oxazole rings is 1. The normalized spacial score (nSPS) is 12.6. The molecule has 0 aliphatic carbocycles. The van der Waals surface area contributed by atoms with Gasteiger partial charge in [0.2, 0.25) is 0 Å². The zero-order valence-electron chi connectivity index (χ0n) is 9.56. The summed E-state index contributed by atoms with van der Waals surface area (Å²) >= 11 is 5.91. The van der Waals surface area contributed by atoms with Crippen LogP contribution in [0.25, 0.3) is 0 Å². The Labute approximate surface area is 105 Å². The molecule has 4 heteroatoms. The molecule has 2 aromatic rings. The van der Waals surface area contributed by atoms with Crippen LogP contribution in [-0.2, 0) is 6.42 Å². The minimum atomic E-state index is 0.00635. The molecule has 1 aromatic heterocycles. The largest absolute Gasteiger partial charge is 0.448 e. The maximum Gasteiger partial charge on any atom is 0.198 e. The van der Waals surface area contributed by atoms with E-state index in [4.69, 9.17) is 21.1 Å². The number of benzene rings is 1. The first-order chi connectivity index (χ1) is 8.19. The molecule has 1 heterocycles. The topological polar surface area (TPSA) is 46.3 Å². The summed E-state index contributed by atoms with van der Waals surface area (Å²) in [5.41, 5.74) is 1.84. The predicted octanol–water partition coefficient (Wildman–Crippen LogP) is 3.01. The molecule has 0 amide bonds. The third-order valence-corrected chi connectivity index (χ3v) is 2.83. The molecule has 90 valence electrons. The minimum Gasteiger partial charge on any atom is -0.448 e. The first kappa shape index (κ1) is 12.1. The van der Waals surface area contributed by atoms with Crippen LogP contribution < -0.4 is 0 Å². The summed E-state index contributed by atoms with van der Waals surface area (Å²) in [6.07, 6.45) is 2.21. The van der Waals surface area contributed by atoms with Gasteiger partial charge in [-0.1, -0.05) is 30.7 Å². The van der Waals surface area contributed by atoms with Crippen molar-refractivity contribution in [2.75, 3.05) is 6.61 Å². The molecule has 0 saturated heterocycles. The van der Waals surface area contributed by atoms with Crippen LogP contribution in [0.1, 0.15) is 30.0 Å². The van der Waals surface area contributed by atoms with Crippen molar-refractivity contribution in [3.63, 3.8) is 0 Å². The Morgan fingerprint density at radius 2 is 2.29 bits per heavy atom. The van der Waals surface area contributed by atoms with Gasteiger partial charge in [0.05, 0.1) is 12.3 Å². The quantitative estimate of drug-likeness (QED) is 0.909. The van der Waals surface area contributed by atoms with E-state index in [0.717, 1.165) is 11.3 Å². The molecule has 0 bridgehead atoms. The van der Waals surface area contributed by atoms with E-state index in [-0.39, 0.29) is 12.5 Å². The second-order valence-corrected chi connectivity index (χ2v) is 4.49. The van der Waals surface area contributed by atoms with E-state index in [1.807, 2.05) is 31.2 Å². The van der Waals surface area contributed by atoms with Gasteiger partial charge >= 0.3 is 0 Å². The van der Waals surface area contributed by atoms with Crippen LogP contribution in [0.5, 0.6) is 0 Å². The summed E-state index contributed by atoms with van der Waals surface area (Å²) in [5, 5.41) is 9.73. The minimum absolute atomic E-state index is 0.00635. The van der Waals surface area contributed by atoms with E-state index < -0.39 is 0 Å². The number of nitrogens with zero attached hydrogens (tertiary/aromatic N) is 1. The molecule has 0 saturated carbocycles. The van der Waals surface area contributed by atoms with Crippen LogP contribution >= 0.6 is 11.6 Å². The zero-order chi connectivity index (χ0) is 12.3. The number of hydrogen-bond acceptors (Lipinski definition) is 3. The third kappa shape index (κ3) is 3.08. The van der Waals surface area contributed by atoms with Crippen molar-refractivity contribution in [3.8, 4) is 0 Å². The van der Waals surface area contributed by atoms with Gasteiger partial charge in [0.1, 0.15) is 6.26 Å². The molecule has 1 aromatic carbocycles. The Bertz CT molecular complexity index is 496. The van der Waals surface area contributed by atoms with E-state index in [1.54, 1.807) is 6.26 Å². The number of hydrogen-bond donors (Lipinski definition) is 1. The summed E-state index contributed by atoms with van der Waals surface area (Å²) in [5.74, 6) is 0.648. The van der Waals surface area contributed by atoms with Crippen molar-refractivity contribution in [2.45, 2.75) is 19.3 Å². The van der Waals surface area contributed by atoms with E-state index in [9.17, 15) is 0 Å². The van der Waals surface area contributed by atoms with Crippen LogP contribution in [-0.4, -0.2) is 16.7 Å². The first-order valence-electron chi connectivity index (χ1n) is 5.48. The van der Waals surface area contributed by atoms with Crippen LogP contribution in [0.3, 0.4) is 0 Å². The van der Waals surface area contributed by atoms with Crippen molar-refractivity contribution < 1.29 is 9.52 Å². The lowest BCUT2D eigenvalue weighted by atomic mass is 10.1. The van der Waals surface area contributed by atoms with Crippen molar-refractivity contribution in [2.24, 2.45) is 0 Å². The van der Waals surface area contributed by atoms with Gasteiger partial charge in [0.15, 0.2) is 5.89 Å². The summed E-state index contributed by atoms with van der Waals surface area (Å²) in [6.45, 7) is 1.98. The van der Waals surface area contributed by atoms with Crippen molar-refractivity contribution in [1.82, 2.24) is 4.98 Å². The Hall–Kier alpha value is -1.32. The summed E-state index contributed by atoms with van der Waals surface area (Å²) in [4.78, 5) is 4.34. The van der Waals surface area contributed by atoms with Crippen LogP contribution in [0, 0.1) is 0 Å². The Kier molecular flexibility index (Phi) is 3.82. The number of halogens is 1. The molecule has 17 heavy (non-hydrogen) atoms. The van der Waals surface area contributed by atoms with Gasteiger partial charge in [0.25, 0.3) is 0 Å². The van der Waals surface area contributed by atoms with E-state index in [1.165, 1.54) is 0 Å². The number of aliphatic hydroxyl groups excluding tert-OH is 1. The van der Waals surface area contributed by atoms with Gasteiger partial charge in [-0.25, -0.2) is 4.98 Å². The fourth-order valence-corrected chi connectivity index (χ4v) is 1.76. The molecule has 0 aliphatic rings. The molecular formula is C13H14ClNO2. The maximum atomic E-state index is 9.02. The standard InChI is InChI=1S/C13H14ClNO2/c1-9(7-16)12-8-17-13(15-12)6-10-3-2-4-11(14)5-10/h2-5,8-9,16H,6-7H2,1H3. The van der Waals surface area contributed by atoms with Crippen LogP contribution in [0.4, 0.5) is 0 Å². The van der Waals surface area contributed by atoms with Crippen molar-refractivity contribution in [1.29, 1.82) is 0 Å². The first-order valence-corrected chi connectivity index (χ1v) is 5.86. The SMILES string of the molecule is CC(CO)c1coc(Cc2cccc(Cl)c2)n1. The molecule has 1 N–H and O–H groups in total. The lowest BCUT2D eigenvalue weighted by Gasteiger charge is -2.00.